The number of anilines is 1. The molecule has 0 spiro atoms. The Morgan fingerprint density at radius 1 is 1.03 bits per heavy atom. The van der Waals surface area contributed by atoms with Gasteiger partial charge in [0.2, 0.25) is 5.95 Å². The molecule has 0 radical (unpaired) electrons. The summed E-state index contributed by atoms with van der Waals surface area (Å²) in [5.41, 5.74) is 2.77. The van der Waals surface area contributed by atoms with Crippen molar-refractivity contribution in [3.63, 3.8) is 0 Å². The summed E-state index contributed by atoms with van der Waals surface area (Å²) in [7, 11) is 0. The normalized spacial score (nSPS) is 19.5. The lowest BCUT2D eigenvalue weighted by atomic mass is 9.93. The number of ether oxygens (including phenoxy) is 1. The number of benzene rings is 2. The van der Waals surface area contributed by atoms with Crippen LogP contribution in [0.2, 0.25) is 0 Å². The van der Waals surface area contributed by atoms with Crippen molar-refractivity contribution >= 4 is 27.9 Å². The van der Waals surface area contributed by atoms with Crippen molar-refractivity contribution in [3.05, 3.63) is 54.5 Å². The van der Waals surface area contributed by atoms with Crippen molar-refractivity contribution in [2.75, 3.05) is 5.32 Å². The summed E-state index contributed by atoms with van der Waals surface area (Å²) >= 11 is 0. The molecule has 5 rings (SSSR count). The summed E-state index contributed by atoms with van der Waals surface area (Å²) in [6, 6.07) is 14.0. The highest BCUT2D eigenvalue weighted by molar-refractivity contribution is 5.80. The molecule has 0 amide bonds. The Bertz CT molecular complexity index is 1100. The lowest BCUT2D eigenvalue weighted by Crippen LogP contribution is -2.28. The molecule has 0 bridgehead atoms. The van der Waals surface area contributed by atoms with E-state index >= 15 is 0 Å². The fraction of sp³-hybridized carbons (Fsp3) is 0.318. The van der Waals surface area contributed by atoms with E-state index in [9.17, 15) is 5.11 Å². The van der Waals surface area contributed by atoms with Crippen LogP contribution in [0.4, 0.5) is 5.95 Å². The van der Waals surface area contributed by atoms with Crippen LogP contribution < -0.4 is 10.1 Å². The van der Waals surface area contributed by atoms with Crippen LogP contribution in [-0.2, 0) is 6.61 Å². The molecule has 29 heavy (non-hydrogen) atoms. The summed E-state index contributed by atoms with van der Waals surface area (Å²) in [4.78, 5) is 16.9. The second-order valence-electron chi connectivity index (χ2n) is 7.55. The Kier molecular flexibility index (Phi) is 4.73. The number of nitrogens with zero attached hydrogens (tertiary/aromatic N) is 3. The van der Waals surface area contributed by atoms with Gasteiger partial charge in [-0.2, -0.15) is 0 Å². The second kappa shape index (κ2) is 7.67. The molecule has 148 valence electrons. The summed E-state index contributed by atoms with van der Waals surface area (Å²) in [5.74, 6) is 2.15. The second-order valence-corrected chi connectivity index (χ2v) is 7.55. The number of fused-ring (bicyclic) bond motifs is 2. The average Bonchev–Trinajstić information content (AvgIpc) is 3.17. The average molecular weight is 389 g/mol. The van der Waals surface area contributed by atoms with Crippen LogP contribution in [0, 0.1) is 0 Å². The predicted octanol–water partition coefficient (Wildman–Crippen LogP) is 3.80. The largest absolute Gasteiger partial charge is 0.486 e. The highest BCUT2D eigenvalue weighted by atomic mass is 16.5. The Labute approximate surface area is 168 Å². The maximum atomic E-state index is 9.66. The first-order valence-corrected chi connectivity index (χ1v) is 10.0. The molecule has 1 fully saturated rings. The molecule has 1 saturated carbocycles. The first-order chi connectivity index (χ1) is 14.2. The number of aliphatic hydroxyl groups is 1. The van der Waals surface area contributed by atoms with Crippen LogP contribution >= 0.6 is 0 Å². The standard InChI is InChI=1S/C22H23N5O2/c28-16-8-6-15(7-9-16)24-22-23-12-14-5-10-17(11-20(14)27-22)29-13-21-25-18-3-1-2-4-19(18)26-21/h1-5,10-12,15-16,28H,6-9,13H2,(H,25,26)(H,23,24,27)/t15-,16-. The van der Waals surface area contributed by atoms with Crippen molar-refractivity contribution in [2.24, 2.45) is 0 Å². The van der Waals surface area contributed by atoms with E-state index in [0.717, 1.165) is 59.2 Å². The number of para-hydroxylation sites is 2. The van der Waals surface area contributed by atoms with E-state index in [4.69, 9.17) is 4.74 Å². The molecule has 4 aromatic rings. The maximum Gasteiger partial charge on any atom is 0.223 e. The van der Waals surface area contributed by atoms with Gasteiger partial charge in [-0.15, -0.1) is 0 Å². The van der Waals surface area contributed by atoms with Crippen LogP contribution in [0.1, 0.15) is 31.5 Å². The molecule has 2 heterocycles. The van der Waals surface area contributed by atoms with Gasteiger partial charge in [-0.05, 0) is 49.9 Å². The van der Waals surface area contributed by atoms with E-state index in [0.29, 0.717) is 18.6 Å². The molecular weight excluding hydrogens is 366 g/mol. The van der Waals surface area contributed by atoms with Crippen LogP contribution in [0.5, 0.6) is 5.75 Å². The minimum atomic E-state index is -0.169. The Morgan fingerprint density at radius 2 is 1.90 bits per heavy atom. The zero-order valence-electron chi connectivity index (χ0n) is 16.0. The molecule has 7 heteroatoms. The number of hydrogen-bond acceptors (Lipinski definition) is 6. The summed E-state index contributed by atoms with van der Waals surface area (Å²) < 4.78 is 5.93. The predicted molar refractivity (Wildman–Crippen MR) is 112 cm³/mol. The number of hydrogen-bond donors (Lipinski definition) is 3. The van der Waals surface area contributed by atoms with E-state index < -0.39 is 0 Å². The first kappa shape index (κ1) is 17.9. The summed E-state index contributed by atoms with van der Waals surface area (Å²) in [5, 5.41) is 14.0. The van der Waals surface area contributed by atoms with Crippen molar-refractivity contribution in [2.45, 2.75) is 44.4 Å². The zero-order chi connectivity index (χ0) is 19.6. The molecule has 0 atom stereocenters. The number of H-pyrrole nitrogens is 1. The lowest BCUT2D eigenvalue weighted by Gasteiger charge is -2.26. The third-order valence-corrected chi connectivity index (χ3v) is 5.40. The highest BCUT2D eigenvalue weighted by Crippen LogP contribution is 2.24. The minimum Gasteiger partial charge on any atom is -0.486 e. The fourth-order valence-electron chi connectivity index (χ4n) is 3.79. The molecule has 2 aromatic heterocycles. The summed E-state index contributed by atoms with van der Waals surface area (Å²) in [6.45, 7) is 0.362. The van der Waals surface area contributed by atoms with Crippen molar-refractivity contribution in [1.82, 2.24) is 19.9 Å². The van der Waals surface area contributed by atoms with Crippen molar-refractivity contribution < 1.29 is 9.84 Å². The molecule has 0 aliphatic heterocycles. The molecule has 1 aliphatic rings. The minimum absolute atomic E-state index is 0.169. The van der Waals surface area contributed by atoms with E-state index in [-0.39, 0.29) is 6.10 Å². The third kappa shape index (κ3) is 4.00. The molecule has 2 aromatic carbocycles. The number of aromatic nitrogens is 4. The van der Waals surface area contributed by atoms with Crippen molar-refractivity contribution in [1.29, 1.82) is 0 Å². The smallest absolute Gasteiger partial charge is 0.223 e. The third-order valence-electron chi connectivity index (χ3n) is 5.40. The van der Waals surface area contributed by atoms with E-state index in [1.54, 1.807) is 0 Å². The van der Waals surface area contributed by atoms with Gasteiger partial charge in [0.1, 0.15) is 18.2 Å². The van der Waals surface area contributed by atoms with Crippen LogP contribution in [-0.4, -0.2) is 37.2 Å². The maximum absolute atomic E-state index is 9.66. The van der Waals surface area contributed by atoms with Crippen molar-refractivity contribution in [3.8, 4) is 5.75 Å². The van der Waals surface area contributed by atoms with Gasteiger partial charge in [0, 0.05) is 23.7 Å². The number of aliphatic hydroxyl groups excluding tert-OH is 1. The fourth-order valence-corrected chi connectivity index (χ4v) is 3.79. The summed E-state index contributed by atoms with van der Waals surface area (Å²) in [6.07, 6.45) is 5.17. The van der Waals surface area contributed by atoms with Crippen LogP contribution in [0.3, 0.4) is 0 Å². The van der Waals surface area contributed by atoms with Gasteiger partial charge >= 0.3 is 0 Å². The highest BCUT2D eigenvalue weighted by Gasteiger charge is 2.19. The Morgan fingerprint density at radius 3 is 2.76 bits per heavy atom. The van der Waals surface area contributed by atoms with Crippen LogP contribution in [0.15, 0.2) is 48.7 Å². The molecular formula is C22H23N5O2. The molecule has 1 aliphatic carbocycles. The number of aromatic amines is 1. The van der Waals surface area contributed by atoms with Gasteiger partial charge in [-0.25, -0.2) is 15.0 Å². The number of nitrogens with one attached hydrogen (secondary N) is 2. The molecule has 3 N–H and O–H groups in total. The first-order valence-electron chi connectivity index (χ1n) is 10.0. The van der Waals surface area contributed by atoms with E-state index in [1.165, 1.54) is 0 Å². The van der Waals surface area contributed by atoms with E-state index in [2.05, 4.69) is 25.3 Å². The topological polar surface area (TPSA) is 96.0 Å². The van der Waals surface area contributed by atoms with E-state index in [1.807, 2.05) is 48.7 Å². The quantitative estimate of drug-likeness (QED) is 0.480. The molecule has 7 nitrogen and oxygen atoms in total. The Balaban J connectivity index is 1.29. The lowest BCUT2D eigenvalue weighted by molar-refractivity contribution is 0.126. The molecule has 0 saturated heterocycles. The number of rotatable bonds is 5. The van der Waals surface area contributed by atoms with Gasteiger partial charge in [0.05, 0.1) is 22.7 Å². The number of imidazole rings is 1. The zero-order valence-corrected chi connectivity index (χ0v) is 16.0. The van der Waals surface area contributed by atoms with Gasteiger partial charge in [0.15, 0.2) is 0 Å². The van der Waals surface area contributed by atoms with Gasteiger partial charge in [-0.1, -0.05) is 12.1 Å². The SMILES string of the molecule is O[C@H]1CC[C@H](Nc2ncc3ccc(OCc4nc5ccccc5[nH]4)cc3n2)CC1. The van der Waals surface area contributed by atoms with Crippen LogP contribution in [0.25, 0.3) is 21.9 Å². The van der Waals surface area contributed by atoms with Gasteiger partial charge in [-0.3, -0.25) is 0 Å². The molecule has 0 unspecified atom stereocenters. The van der Waals surface area contributed by atoms with Gasteiger partial charge < -0.3 is 20.1 Å². The Hall–Kier alpha value is -3.19. The van der Waals surface area contributed by atoms with Gasteiger partial charge in [0.25, 0.3) is 0 Å². The monoisotopic (exact) mass is 389 g/mol.